The standard InChI is InChI=1S/C24H24ClNO6/c1-30-16-9-10-19(31-2)18(12-16)21-20(22(27)14-5-7-15(25)8-6-14)23(28)24(29)26(21)13-17-4-3-11-32-17/h5-10,12,17,21,27H,3-4,11,13H2,1-2H3/b22-20+/t17-,21-/m1/s1. The van der Waals surface area contributed by atoms with Crippen molar-refractivity contribution < 1.29 is 28.9 Å². The molecule has 2 aliphatic rings. The number of Topliss-reactive ketones (excluding diaryl/α,β-unsaturated/α-hetero) is 1. The van der Waals surface area contributed by atoms with E-state index in [9.17, 15) is 14.7 Å². The van der Waals surface area contributed by atoms with E-state index in [1.54, 1.807) is 42.5 Å². The normalized spacial score (nSPS) is 22.4. The number of aliphatic hydroxyl groups is 1. The molecule has 168 valence electrons. The summed E-state index contributed by atoms with van der Waals surface area (Å²) < 4.78 is 16.6. The Morgan fingerprint density at radius 2 is 1.91 bits per heavy atom. The lowest BCUT2D eigenvalue weighted by Crippen LogP contribution is -2.36. The van der Waals surface area contributed by atoms with Crippen molar-refractivity contribution in [1.29, 1.82) is 0 Å². The highest BCUT2D eigenvalue weighted by Crippen LogP contribution is 2.44. The fraction of sp³-hybridized carbons (Fsp3) is 0.333. The Balaban J connectivity index is 1.89. The summed E-state index contributed by atoms with van der Waals surface area (Å²) in [4.78, 5) is 27.7. The summed E-state index contributed by atoms with van der Waals surface area (Å²) in [6.07, 6.45) is 1.51. The highest BCUT2D eigenvalue weighted by atomic mass is 35.5. The first kappa shape index (κ1) is 22.2. The van der Waals surface area contributed by atoms with Crippen molar-refractivity contribution in [3.63, 3.8) is 0 Å². The lowest BCUT2D eigenvalue weighted by molar-refractivity contribution is -0.140. The molecule has 2 aromatic rings. The summed E-state index contributed by atoms with van der Waals surface area (Å²) in [5.41, 5.74) is 0.915. The second kappa shape index (κ2) is 9.22. The molecule has 2 fully saturated rings. The average Bonchev–Trinajstić information content (AvgIpc) is 3.41. The number of carbonyl (C=O) groups is 2. The van der Waals surface area contributed by atoms with Crippen molar-refractivity contribution in [1.82, 2.24) is 4.90 Å². The minimum Gasteiger partial charge on any atom is -0.507 e. The van der Waals surface area contributed by atoms with Gasteiger partial charge in [-0.25, -0.2) is 0 Å². The third-order valence-corrected chi connectivity index (χ3v) is 6.07. The number of methoxy groups -OCH3 is 2. The van der Waals surface area contributed by atoms with Crippen LogP contribution in [-0.2, 0) is 14.3 Å². The van der Waals surface area contributed by atoms with E-state index in [4.69, 9.17) is 25.8 Å². The minimum atomic E-state index is -0.861. The monoisotopic (exact) mass is 457 g/mol. The predicted octanol–water partition coefficient (Wildman–Crippen LogP) is 3.96. The molecular weight excluding hydrogens is 434 g/mol. The molecule has 0 aliphatic carbocycles. The van der Waals surface area contributed by atoms with Crippen LogP contribution in [0.2, 0.25) is 5.02 Å². The van der Waals surface area contributed by atoms with E-state index in [2.05, 4.69) is 0 Å². The molecule has 2 aliphatic heterocycles. The van der Waals surface area contributed by atoms with Crippen LogP contribution < -0.4 is 9.47 Å². The number of halogens is 1. The molecule has 2 atom stereocenters. The maximum Gasteiger partial charge on any atom is 0.295 e. The van der Waals surface area contributed by atoms with Crippen molar-refractivity contribution in [3.8, 4) is 11.5 Å². The molecule has 1 N–H and O–H groups in total. The van der Waals surface area contributed by atoms with Crippen molar-refractivity contribution in [2.75, 3.05) is 27.4 Å². The van der Waals surface area contributed by atoms with Crippen LogP contribution in [-0.4, -0.2) is 55.2 Å². The summed E-state index contributed by atoms with van der Waals surface area (Å²) in [5.74, 6) is -0.715. The molecule has 7 nitrogen and oxygen atoms in total. The van der Waals surface area contributed by atoms with Crippen molar-refractivity contribution in [3.05, 3.63) is 64.2 Å². The Kier molecular flexibility index (Phi) is 6.39. The number of carbonyl (C=O) groups excluding carboxylic acids is 2. The number of likely N-dealkylation sites (tertiary alicyclic amines) is 1. The van der Waals surface area contributed by atoms with E-state index in [0.717, 1.165) is 12.8 Å². The van der Waals surface area contributed by atoms with Crippen LogP contribution in [0.3, 0.4) is 0 Å². The predicted molar refractivity (Wildman–Crippen MR) is 119 cm³/mol. The summed E-state index contributed by atoms with van der Waals surface area (Å²) in [6.45, 7) is 0.847. The Hall–Kier alpha value is -3.03. The number of nitrogens with zero attached hydrogens (tertiary/aromatic N) is 1. The molecule has 0 bridgehead atoms. The summed E-state index contributed by atoms with van der Waals surface area (Å²) in [5, 5.41) is 11.6. The Morgan fingerprint density at radius 3 is 2.53 bits per heavy atom. The zero-order valence-corrected chi connectivity index (χ0v) is 18.6. The zero-order valence-electron chi connectivity index (χ0n) is 17.8. The molecule has 0 saturated carbocycles. The first-order valence-electron chi connectivity index (χ1n) is 10.3. The summed E-state index contributed by atoms with van der Waals surface area (Å²) in [7, 11) is 3.04. The number of ether oxygens (including phenoxy) is 3. The molecular formula is C24H24ClNO6. The summed E-state index contributed by atoms with van der Waals surface area (Å²) >= 11 is 5.97. The fourth-order valence-corrected chi connectivity index (χ4v) is 4.34. The van der Waals surface area contributed by atoms with Crippen LogP contribution in [0.1, 0.15) is 30.0 Å². The van der Waals surface area contributed by atoms with Gasteiger partial charge in [0.1, 0.15) is 17.3 Å². The van der Waals surface area contributed by atoms with Gasteiger partial charge in [-0.2, -0.15) is 0 Å². The van der Waals surface area contributed by atoms with Gasteiger partial charge in [0.15, 0.2) is 0 Å². The largest absolute Gasteiger partial charge is 0.507 e. The SMILES string of the molecule is COc1ccc(OC)c([C@@H]2/C(=C(\O)c3ccc(Cl)cc3)C(=O)C(=O)N2C[C@H]2CCCO2)c1. The van der Waals surface area contributed by atoms with Gasteiger partial charge in [0.2, 0.25) is 0 Å². The third kappa shape index (κ3) is 4.06. The second-order valence-corrected chi connectivity index (χ2v) is 8.14. The number of amides is 1. The van der Waals surface area contributed by atoms with Gasteiger partial charge in [0.05, 0.1) is 31.9 Å². The molecule has 2 saturated heterocycles. The van der Waals surface area contributed by atoms with Gasteiger partial charge < -0.3 is 24.2 Å². The number of benzene rings is 2. The Bertz CT molecular complexity index is 1060. The van der Waals surface area contributed by atoms with E-state index in [1.807, 2.05) is 0 Å². The van der Waals surface area contributed by atoms with Crippen LogP contribution in [0.25, 0.3) is 5.76 Å². The van der Waals surface area contributed by atoms with Gasteiger partial charge in [0, 0.05) is 29.3 Å². The lowest BCUT2D eigenvalue weighted by atomic mass is 9.94. The van der Waals surface area contributed by atoms with Crippen LogP contribution >= 0.6 is 11.6 Å². The Labute approximate surface area is 191 Å². The number of rotatable bonds is 6. The number of aliphatic hydroxyl groups excluding tert-OH is 1. The molecule has 1 amide bonds. The molecule has 0 aromatic heterocycles. The number of hydrogen-bond acceptors (Lipinski definition) is 6. The minimum absolute atomic E-state index is 0.0122. The highest BCUT2D eigenvalue weighted by Gasteiger charge is 2.48. The van der Waals surface area contributed by atoms with E-state index in [-0.39, 0.29) is 24.0 Å². The molecule has 32 heavy (non-hydrogen) atoms. The first-order chi connectivity index (χ1) is 15.4. The van der Waals surface area contributed by atoms with Gasteiger partial charge in [-0.1, -0.05) is 11.6 Å². The van der Waals surface area contributed by atoms with E-state index >= 15 is 0 Å². The number of hydrogen-bond donors (Lipinski definition) is 1. The van der Waals surface area contributed by atoms with Crippen LogP contribution in [0.15, 0.2) is 48.0 Å². The topological polar surface area (TPSA) is 85.3 Å². The molecule has 4 rings (SSSR count). The Morgan fingerprint density at radius 1 is 1.16 bits per heavy atom. The maximum atomic E-state index is 13.2. The highest BCUT2D eigenvalue weighted by molar-refractivity contribution is 6.46. The molecule has 2 heterocycles. The quantitative estimate of drug-likeness (QED) is 0.401. The molecule has 8 heteroatoms. The number of ketones is 1. The van der Waals surface area contributed by atoms with Gasteiger partial charge >= 0.3 is 0 Å². The molecule has 0 radical (unpaired) electrons. The zero-order chi connectivity index (χ0) is 22.8. The smallest absolute Gasteiger partial charge is 0.295 e. The van der Waals surface area contributed by atoms with Crippen LogP contribution in [0.5, 0.6) is 11.5 Å². The van der Waals surface area contributed by atoms with Crippen molar-refractivity contribution >= 4 is 29.1 Å². The molecule has 0 unspecified atom stereocenters. The maximum absolute atomic E-state index is 13.2. The van der Waals surface area contributed by atoms with Gasteiger partial charge in [-0.3, -0.25) is 9.59 Å². The van der Waals surface area contributed by atoms with E-state index < -0.39 is 17.7 Å². The van der Waals surface area contributed by atoms with Gasteiger partial charge in [-0.05, 0) is 55.3 Å². The third-order valence-electron chi connectivity index (χ3n) is 5.81. The molecule has 2 aromatic carbocycles. The van der Waals surface area contributed by atoms with Crippen LogP contribution in [0, 0.1) is 0 Å². The lowest BCUT2D eigenvalue weighted by Gasteiger charge is -2.28. The summed E-state index contributed by atoms with van der Waals surface area (Å²) in [6, 6.07) is 10.7. The van der Waals surface area contributed by atoms with Gasteiger partial charge in [0.25, 0.3) is 11.7 Å². The average molecular weight is 458 g/mol. The van der Waals surface area contributed by atoms with E-state index in [1.165, 1.54) is 19.1 Å². The van der Waals surface area contributed by atoms with E-state index in [0.29, 0.717) is 34.3 Å². The van der Waals surface area contributed by atoms with Gasteiger partial charge in [-0.15, -0.1) is 0 Å². The first-order valence-corrected chi connectivity index (χ1v) is 10.7. The van der Waals surface area contributed by atoms with Crippen LogP contribution in [0.4, 0.5) is 0 Å². The fourth-order valence-electron chi connectivity index (χ4n) is 4.22. The molecule has 0 spiro atoms. The van der Waals surface area contributed by atoms with Crippen molar-refractivity contribution in [2.45, 2.75) is 25.0 Å². The van der Waals surface area contributed by atoms with Crippen molar-refractivity contribution in [2.24, 2.45) is 0 Å². The second-order valence-electron chi connectivity index (χ2n) is 7.70.